The highest BCUT2D eigenvalue weighted by Gasteiger charge is 2.19. The second-order valence-corrected chi connectivity index (χ2v) is 5.79. The van der Waals surface area contributed by atoms with Gasteiger partial charge in [0.15, 0.2) is 5.34 Å². The molecule has 0 heterocycles. The van der Waals surface area contributed by atoms with Gasteiger partial charge in [0.2, 0.25) is 8.46 Å². The minimum absolute atomic E-state index is 0.0209. The summed E-state index contributed by atoms with van der Waals surface area (Å²) in [6.45, 7) is 3.57. The molecule has 0 spiro atoms. The zero-order valence-corrected chi connectivity index (χ0v) is 11.4. The molecule has 2 rings (SSSR count). The lowest BCUT2D eigenvalue weighted by molar-refractivity contribution is 0.199. The van der Waals surface area contributed by atoms with E-state index in [0.717, 1.165) is 11.3 Å². The summed E-state index contributed by atoms with van der Waals surface area (Å²) in [6.07, 6.45) is 0. The summed E-state index contributed by atoms with van der Waals surface area (Å²) in [7, 11) is -0.0209. The molecule has 0 atom stereocenters. The van der Waals surface area contributed by atoms with Crippen LogP contribution in [0, 0.1) is 0 Å². The summed E-state index contributed by atoms with van der Waals surface area (Å²) in [5.41, 5.74) is 2.31. The van der Waals surface area contributed by atoms with E-state index >= 15 is 0 Å². The van der Waals surface area contributed by atoms with E-state index in [4.69, 9.17) is 4.74 Å². The molecule has 0 aromatic heterocycles. The zero-order chi connectivity index (χ0) is 13.0. The molecule has 0 bridgehead atoms. The number of hydrogen-bond acceptors (Lipinski definition) is 2. The third-order valence-electron chi connectivity index (χ3n) is 2.55. The molecule has 2 nitrogen and oxygen atoms in total. The summed E-state index contributed by atoms with van der Waals surface area (Å²) in [4.78, 5) is 0. The van der Waals surface area contributed by atoms with Gasteiger partial charge in [0.05, 0.1) is 0 Å². The van der Waals surface area contributed by atoms with Gasteiger partial charge in [0.1, 0.15) is 5.75 Å². The smallest absolute Gasteiger partial charge is 0.203 e. The topological polar surface area (TPSA) is 26.3 Å². The molecule has 0 unspecified atom stereocenters. The number of benzene rings is 2. The fourth-order valence-corrected chi connectivity index (χ4v) is 1.80. The molecule has 0 saturated heterocycles. The Labute approximate surface area is 109 Å². The summed E-state index contributed by atoms with van der Waals surface area (Å²) < 4.78 is 16.5. The van der Waals surface area contributed by atoms with Crippen molar-refractivity contribution in [2.75, 3.05) is 0 Å². The molecule has 3 heteroatoms. The van der Waals surface area contributed by atoms with Crippen LogP contribution in [0.1, 0.15) is 13.8 Å². The summed E-state index contributed by atoms with van der Waals surface area (Å²) in [5, 5.41) is -0.686. The average Bonchev–Trinajstić information content (AvgIpc) is 2.40. The van der Waals surface area contributed by atoms with E-state index in [1.165, 1.54) is 5.56 Å². The van der Waals surface area contributed by atoms with E-state index in [9.17, 15) is 4.57 Å². The number of hydrogen-bond donors (Lipinski definition) is 0. The lowest BCUT2D eigenvalue weighted by Gasteiger charge is -2.18. The van der Waals surface area contributed by atoms with Crippen molar-refractivity contribution in [2.24, 2.45) is 0 Å². The maximum Gasteiger partial charge on any atom is 0.203 e. The Hall–Kier alpha value is -1.66. The van der Waals surface area contributed by atoms with Crippen LogP contribution in [-0.4, -0.2) is 5.34 Å². The molecule has 0 amide bonds. The highest BCUT2D eigenvalue weighted by molar-refractivity contribution is 7.25. The molecule has 0 N–H and O–H groups in total. The van der Waals surface area contributed by atoms with Crippen LogP contribution in [0.15, 0.2) is 54.6 Å². The first-order valence-electron chi connectivity index (χ1n) is 5.80. The van der Waals surface area contributed by atoms with Crippen molar-refractivity contribution in [2.45, 2.75) is 19.2 Å². The molecule has 2 aromatic carbocycles. The van der Waals surface area contributed by atoms with Crippen molar-refractivity contribution in [3.8, 4) is 16.9 Å². The molecule has 0 aliphatic carbocycles. The van der Waals surface area contributed by atoms with Gasteiger partial charge in [0.25, 0.3) is 0 Å². The van der Waals surface area contributed by atoms with Crippen LogP contribution in [-0.2, 0) is 4.57 Å². The van der Waals surface area contributed by atoms with Gasteiger partial charge in [0, 0.05) is 0 Å². The largest absolute Gasteiger partial charge is 0.476 e. The summed E-state index contributed by atoms with van der Waals surface area (Å²) in [6, 6.07) is 18.0. The van der Waals surface area contributed by atoms with Crippen LogP contribution in [0.2, 0.25) is 0 Å². The normalized spacial score (nSPS) is 11.4. The van der Waals surface area contributed by atoms with Crippen molar-refractivity contribution in [1.82, 2.24) is 0 Å². The Balaban J connectivity index is 2.18. The third-order valence-corrected chi connectivity index (χ3v) is 3.08. The molecule has 18 heavy (non-hydrogen) atoms. The molecule has 2 aromatic rings. The molecular weight excluding hydrogens is 243 g/mol. The van der Waals surface area contributed by atoms with Gasteiger partial charge in [-0.15, -0.1) is 0 Å². The van der Waals surface area contributed by atoms with Gasteiger partial charge in [-0.05, 0) is 37.1 Å². The van der Waals surface area contributed by atoms with E-state index in [0.29, 0.717) is 0 Å². The van der Waals surface area contributed by atoms with Crippen LogP contribution in [0.4, 0.5) is 0 Å². The molecule has 0 aliphatic rings. The first-order chi connectivity index (χ1) is 8.61. The van der Waals surface area contributed by atoms with Gasteiger partial charge in [-0.1, -0.05) is 42.5 Å². The second kappa shape index (κ2) is 5.32. The van der Waals surface area contributed by atoms with Crippen molar-refractivity contribution >= 4 is 8.46 Å². The van der Waals surface area contributed by atoms with Gasteiger partial charge < -0.3 is 4.74 Å². The van der Waals surface area contributed by atoms with Crippen LogP contribution < -0.4 is 4.74 Å². The van der Waals surface area contributed by atoms with Crippen LogP contribution >= 0.6 is 8.46 Å². The monoisotopic (exact) mass is 258 g/mol. The second-order valence-electron chi connectivity index (χ2n) is 4.53. The van der Waals surface area contributed by atoms with Crippen molar-refractivity contribution in [3.63, 3.8) is 0 Å². The average molecular weight is 258 g/mol. The first-order valence-corrected chi connectivity index (χ1v) is 6.61. The van der Waals surface area contributed by atoms with Crippen LogP contribution in [0.25, 0.3) is 11.1 Å². The molecule has 0 saturated carbocycles. The predicted molar refractivity (Wildman–Crippen MR) is 74.2 cm³/mol. The maximum absolute atomic E-state index is 10.9. The molecule has 0 aliphatic heterocycles. The van der Waals surface area contributed by atoms with Gasteiger partial charge >= 0.3 is 0 Å². The fraction of sp³-hybridized carbons (Fsp3) is 0.200. The fourth-order valence-electron chi connectivity index (χ4n) is 1.65. The van der Waals surface area contributed by atoms with Crippen molar-refractivity contribution < 1.29 is 9.30 Å². The quantitative estimate of drug-likeness (QED) is 0.739. The van der Waals surface area contributed by atoms with E-state index in [-0.39, 0.29) is 8.46 Å². The minimum atomic E-state index is -0.686. The Kier molecular flexibility index (Phi) is 3.78. The highest BCUT2D eigenvalue weighted by Crippen LogP contribution is 2.28. The summed E-state index contributed by atoms with van der Waals surface area (Å²) in [5.74, 6) is 0.725. The SMILES string of the molecule is CC(C)(Oc1ccc(-c2ccccc2)cc1)P=O. The lowest BCUT2D eigenvalue weighted by Crippen LogP contribution is -2.19. The minimum Gasteiger partial charge on any atom is -0.476 e. The predicted octanol–water partition coefficient (Wildman–Crippen LogP) is 4.76. The number of ether oxygens (including phenoxy) is 1. The van der Waals surface area contributed by atoms with E-state index in [1.807, 2.05) is 42.5 Å². The van der Waals surface area contributed by atoms with E-state index in [1.54, 1.807) is 13.8 Å². The highest BCUT2D eigenvalue weighted by atomic mass is 31.1. The Bertz CT molecular complexity index is 518. The maximum atomic E-state index is 10.9. The van der Waals surface area contributed by atoms with Crippen molar-refractivity contribution in [1.29, 1.82) is 0 Å². The van der Waals surface area contributed by atoms with Crippen molar-refractivity contribution in [3.05, 3.63) is 54.6 Å². The van der Waals surface area contributed by atoms with E-state index < -0.39 is 5.34 Å². The zero-order valence-electron chi connectivity index (χ0n) is 10.5. The number of rotatable bonds is 4. The first kappa shape index (κ1) is 12.8. The Morgan fingerprint density at radius 1 is 0.889 bits per heavy atom. The molecular formula is C15H15O2P. The van der Waals surface area contributed by atoms with E-state index in [2.05, 4.69) is 12.1 Å². The van der Waals surface area contributed by atoms with Gasteiger partial charge in [-0.25, -0.2) is 0 Å². The molecule has 0 fully saturated rings. The Morgan fingerprint density at radius 3 is 2.00 bits per heavy atom. The van der Waals surface area contributed by atoms with Gasteiger partial charge in [-0.3, -0.25) is 4.57 Å². The van der Waals surface area contributed by atoms with Gasteiger partial charge in [-0.2, -0.15) is 0 Å². The van der Waals surface area contributed by atoms with Crippen LogP contribution in [0.3, 0.4) is 0 Å². The summed E-state index contributed by atoms with van der Waals surface area (Å²) >= 11 is 0. The molecule has 92 valence electrons. The lowest BCUT2D eigenvalue weighted by atomic mass is 10.1. The third kappa shape index (κ3) is 3.18. The van der Waals surface area contributed by atoms with Crippen LogP contribution in [0.5, 0.6) is 5.75 Å². The Morgan fingerprint density at radius 2 is 1.44 bits per heavy atom. The molecule has 0 radical (unpaired) electrons. The standard InChI is InChI=1S/C15H15O2P/c1-15(2,18-16)17-14-10-8-13(9-11-14)12-6-4-3-5-7-12/h3-11H,1-2H3.